The van der Waals surface area contributed by atoms with Gasteiger partial charge < -0.3 is 15.2 Å². The molecule has 22 heavy (non-hydrogen) atoms. The highest BCUT2D eigenvalue weighted by Gasteiger charge is 2.20. The van der Waals surface area contributed by atoms with Crippen molar-refractivity contribution in [3.8, 4) is 11.5 Å². The lowest BCUT2D eigenvalue weighted by atomic mass is 10.0. The van der Waals surface area contributed by atoms with E-state index in [0.29, 0.717) is 6.61 Å². The Labute approximate surface area is 129 Å². The van der Waals surface area contributed by atoms with E-state index in [1.165, 1.54) is 5.56 Å². The van der Waals surface area contributed by atoms with E-state index in [4.69, 9.17) is 15.2 Å². The maximum Gasteiger partial charge on any atom is 0.221 e. The van der Waals surface area contributed by atoms with Crippen molar-refractivity contribution in [3.63, 3.8) is 0 Å². The van der Waals surface area contributed by atoms with Crippen LogP contribution in [-0.4, -0.2) is 18.6 Å². The molecule has 4 heteroatoms. The topological polar surface area (TPSA) is 61.6 Å². The molecule has 0 bridgehead atoms. The van der Waals surface area contributed by atoms with Crippen LogP contribution in [0.3, 0.4) is 0 Å². The molecule has 3 rings (SSSR count). The maximum atomic E-state index is 10.9. The van der Waals surface area contributed by atoms with Gasteiger partial charge in [0.1, 0.15) is 12.7 Å². The number of hydrogen-bond donors (Lipinski definition) is 1. The average Bonchev–Trinajstić information content (AvgIpc) is 2.53. The zero-order chi connectivity index (χ0) is 15.4. The maximum absolute atomic E-state index is 10.9. The number of para-hydroxylation sites is 2. The minimum atomic E-state index is -0.306. The summed E-state index contributed by atoms with van der Waals surface area (Å²) in [6.45, 7) is 0.580. The lowest BCUT2D eigenvalue weighted by Gasteiger charge is -2.26. The molecule has 0 saturated carbocycles. The van der Waals surface area contributed by atoms with Crippen molar-refractivity contribution in [2.45, 2.75) is 25.4 Å². The third-order valence-corrected chi connectivity index (χ3v) is 3.72. The second-order valence-electron chi connectivity index (χ2n) is 5.50. The Hall–Kier alpha value is -2.49. The van der Waals surface area contributed by atoms with Crippen LogP contribution in [0.1, 0.15) is 17.5 Å². The number of nitrogens with two attached hydrogens (primary N) is 1. The van der Waals surface area contributed by atoms with E-state index in [9.17, 15) is 4.79 Å². The number of hydrogen-bond acceptors (Lipinski definition) is 3. The van der Waals surface area contributed by atoms with Gasteiger partial charge in [-0.05, 0) is 36.1 Å². The summed E-state index contributed by atoms with van der Waals surface area (Å²) in [4.78, 5) is 10.9. The average molecular weight is 297 g/mol. The fraction of sp³-hybridized carbons (Fsp3) is 0.278. The Bertz CT molecular complexity index is 652. The third-order valence-electron chi connectivity index (χ3n) is 3.72. The molecule has 0 aromatic heterocycles. The highest BCUT2D eigenvalue weighted by atomic mass is 16.6. The largest absolute Gasteiger partial charge is 0.486 e. The molecule has 2 aromatic rings. The Morgan fingerprint density at radius 2 is 1.73 bits per heavy atom. The molecule has 0 aliphatic carbocycles. The number of benzene rings is 2. The highest BCUT2D eigenvalue weighted by molar-refractivity contribution is 5.76. The van der Waals surface area contributed by atoms with Crippen LogP contribution in [-0.2, 0) is 17.6 Å². The van der Waals surface area contributed by atoms with Crippen molar-refractivity contribution in [1.82, 2.24) is 0 Å². The predicted molar refractivity (Wildman–Crippen MR) is 84.0 cm³/mol. The first-order chi connectivity index (χ1) is 10.7. The fourth-order valence-corrected chi connectivity index (χ4v) is 2.56. The van der Waals surface area contributed by atoms with Gasteiger partial charge in [0, 0.05) is 0 Å². The van der Waals surface area contributed by atoms with Crippen molar-refractivity contribution < 1.29 is 14.3 Å². The molecular weight excluding hydrogens is 278 g/mol. The van der Waals surface area contributed by atoms with E-state index in [2.05, 4.69) is 0 Å². The molecule has 4 nitrogen and oxygen atoms in total. The zero-order valence-electron chi connectivity index (χ0n) is 12.3. The van der Waals surface area contributed by atoms with Crippen molar-refractivity contribution in [1.29, 1.82) is 0 Å². The van der Waals surface area contributed by atoms with E-state index in [1.54, 1.807) is 0 Å². The van der Waals surface area contributed by atoms with Crippen molar-refractivity contribution >= 4 is 5.91 Å². The summed E-state index contributed by atoms with van der Waals surface area (Å²) in [5.74, 6) is 1.32. The molecule has 114 valence electrons. The van der Waals surface area contributed by atoms with Crippen LogP contribution in [0.15, 0.2) is 48.5 Å². The van der Waals surface area contributed by atoms with Crippen molar-refractivity contribution in [2.75, 3.05) is 6.61 Å². The van der Waals surface area contributed by atoms with Crippen LogP contribution in [0, 0.1) is 0 Å². The number of ether oxygens (including phenoxy) is 2. The molecule has 0 fully saturated rings. The van der Waals surface area contributed by atoms with Gasteiger partial charge in [-0.25, -0.2) is 0 Å². The van der Waals surface area contributed by atoms with Gasteiger partial charge in [-0.15, -0.1) is 0 Å². The van der Waals surface area contributed by atoms with Gasteiger partial charge in [0.2, 0.25) is 5.91 Å². The Balaban J connectivity index is 1.54. The number of primary amides is 1. The monoisotopic (exact) mass is 297 g/mol. The summed E-state index contributed by atoms with van der Waals surface area (Å²) >= 11 is 0. The second kappa shape index (κ2) is 6.52. The predicted octanol–water partition coefficient (Wildman–Crippen LogP) is 2.49. The van der Waals surface area contributed by atoms with Gasteiger partial charge in [0.25, 0.3) is 0 Å². The zero-order valence-corrected chi connectivity index (χ0v) is 12.3. The number of aryl methyl sites for hydroxylation is 1. The van der Waals surface area contributed by atoms with Gasteiger partial charge in [-0.1, -0.05) is 36.4 Å². The smallest absolute Gasteiger partial charge is 0.221 e. The van der Waals surface area contributed by atoms with Gasteiger partial charge in [-0.3, -0.25) is 4.79 Å². The molecule has 1 heterocycles. The summed E-state index contributed by atoms with van der Waals surface area (Å²) in [5, 5.41) is 0. The molecule has 1 aliphatic rings. The molecule has 2 aromatic carbocycles. The lowest BCUT2D eigenvalue weighted by molar-refractivity contribution is -0.117. The normalized spacial score (nSPS) is 16.3. The van der Waals surface area contributed by atoms with Gasteiger partial charge >= 0.3 is 0 Å². The summed E-state index contributed by atoms with van der Waals surface area (Å²) in [7, 11) is 0. The SMILES string of the molecule is NC(=O)Cc1ccc(CC[C@H]2COc3ccccc3O2)cc1. The Morgan fingerprint density at radius 3 is 2.45 bits per heavy atom. The minimum absolute atomic E-state index is 0.0696. The van der Waals surface area contributed by atoms with Gasteiger partial charge in [-0.2, -0.15) is 0 Å². The Kier molecular flexibility index (Phi) is 4.28. The number of amides is 1. The van der Waals surface area contributed by atoms with Gasteiger partial charge in [0.05, 0.1) is 6.42 Å². The number of carbonyl (C=O) groups excluding carboxylic acids is 1. The van der Waals surface area contributed by atoms with Gasteiger partial charge in [0.15, 0.2) is 11.5 Å². The third kappa shape index (κ3) is 3.58. The van der Waals surface area contributed by atoms with E-state index in [0.717, 1.165) is 29.9 Å². The van der Waals surface area contributed by atoms with E-state index in [-0.39, 0.29) is 18.4 Å². The molecule has 2 N–H and O–H groups in total. The number of carbonyl (C=O) groups is 1. The van der Waals surface area contributed by atoms with Crippen LogP contribution >= 0.6 is 0 Å². The summed E-state index contributed by atoms with van der Waals surface area (Å²) in [6.07, 6.45) is 2.16. The summed E-state index contributed by atoms with van der Waals surface area (Å²) in [5.41, 5.74) is 7.35. The number of rotatable bonds is 5. The quantitative estimate of drug-likeness (QED) is 0.922. The molecule has 1 atom stereocenters. The standard InChI is InChI=1S/C18H19NO3/c19-18(20)11-14-7-5-13(6-8-14)9-10-15-12-21-16-3-1-2-4-17(16)22-15/h1-8,15H,9-12H2,(H2,19,20)/t15-/m0/s1. The van der Waals surface area contributed by atoms with Crippen LogP contribution in [0.4, 0.5) is 0 Å². The van der Waals surface area contributed by atoms with Crippen LogP contribution < -0.4 is 15.2 Å². The van der Waals surface area contributed by atoms with E-state index < -0.39 is 0 Å². The molecular formula is C18H19NO3. The first-order valence-corrected chi connectivity index (χ1v) is 7.45. The first-order valence-electron chi connectivity index (χ1n) is 7.45. The van der Waals surface area contributed by atoms with Crippen molar-refractivity contribution in [2.24, 2.45) is 5.73 Å². The molecule has 0 unspecified atom stereocenters. The van der Waals surface area contributed by atoms with Crippen LogP contribution in [0.2, 0.25) is 0 Å². The van der Waals surface area contributed by atoms with Crippen molar-refractivity contribution in [3.05, 3.63) is 59.7 Å². The van der Waals surface area contributed by atoms with E-state index >= 15 is 0 Å². The minimum Gasteiger partial charge on any atom is -0.486 e. The Morgan fingerprint density at radius 1 is 1.05 bits per heavy atom. The van der Waals surface area contributed by atoms with Crippen LogP contribution in [0.25, 0.3) is 0 Å². The molecule has 0 radical (unpaired) electrons. The molecule has 1 aliphatic heterocycles. The van der Waals surface area contributed by atoms with E-state index in [1.807, 2.05) is 48.5 Å². The fourth-order valence-electron chi connectivity index (χ4n) is 2.56. The molecule has 0 saturated heterocycles. The highest BCUT2D eigenvalue weighted by Crippen LogP contribution is 2.31. The summed E-state index contributed by atoms with van der Waals surface area (Å²) in [6, 6.07) is 15.7. The summed E-state index contributed by atoms with van der Waals surface area (Å²) < 4.78 is 11.7. The number of fused-ring (bicyclic) bond motifs is 1. The van der Waals surface area contributed by atoms with Crippen LogP contribution in [0.5, 0.6) is 11.5 Å². The molecule has 0 spiro atoms. The lowest BCUT2D eigenvalue weighted by Crippen LogP contribution is -2.29. The first kappa shape index (κ1) is 14.4. The molecule has 1 amide bonds. The second-order valence-corrected chi connectivity index (χ2v) is 5.50.